The molecule has 0 aliphatic rings. The largest absolute Gasteiger partial charge is 0.485 e. The van der Waals surface area contributed by atoms with Crippen LogP contribution < -0.4 is 10.1 Å². The van der Waals surface area contributed by atoms with Gasteiger partial charge in [0.1, 0.15) is 6.61 Å². The number of ether oxygens (including phenoxy) is 1. The molecule has 0 aliphatic heterocycles. The van der Waals surface area contributed by atoms with Crippen molar-refractivity contribution < 1.29 is 9.13 Å². The van der Waals surface area contributed by atoms with Crippen LogP contribution >= 0.6 is 0 Å². The van der Waals surface area contributed by atoms with Gasteiger partial charge in [-0.25, -0.2) is 4.39 Å². The van der Waals surface area contributed by atoms with Crippen molar-refractivity contribution in [3.05, 3.63) is 59.7 Å². The summed E-state index contributed by atoms with van der Waals surface area (Å²) < 4.78 is 19.6. The Morgan fingerprint density at radius 3 is 2.81 bits per heavy atom. The molecule has 2 aromatic rings. The second-order valence-corrected chi connectivity index (χ2v) is 5.40. The Bertz CT molecular complexity index is 558. The van der Waals surface area contributed by atoms with E-state index in [1.807, 2.05) is 18.2 Å². The van der Waals surface area contributed by atoms with Gasteiger partial charge in [-0.3, -0.25) is 4.98 Å². The molecule has 1 heterocycles. The first-order valence-corrected chi connectivity index (χ1v) is 7.16. The molecule has 112 valence electrons. The van der Waals surface area contributed by atoms with Gasteiger partial charge in [-0.2, -0.15) is 0 Å². The highest BCUT2D eigenvalue weighted by Crippen LogP contribution is 2.23. The van der Waals surface area contributed by atoms with Crippen molar-refractivity contribution in [3.63, 3.8) is 0 Å². The van der Waals surface area contributed by atoms with Crippen LogP contribution in [0.3, 0.4) is 0 Å². The van der Waals surface area contributed by atoms with E-state index in [0.717, 1.165) is 17.7 Å². The van der Waals surface area contributed by atoms with Gasteiger partial charge in [0.05, 0.1) is 0 Å². The van der Waals surface area contributed by atoms with E-state index in [9.17, 15) is 4.39 Å². The van der Waals surface area contributed by atoms with Gasteiger partial charge in [0, 0.05) is 30.1 Å². The molecular weight excluding hydrogens is 267 g/mol. The fourth-order valence-electron chi connectivity index (χ4n) is 1.99. The monoisotopic (exact) mass is 288 g/mol. The van der Waals surface area contributed by atoms with Crippen molar-refractivity contribution in [1.29, 1.82) is 0 Å². The number of aromatic nitrogens is 1. The fourth-order valence-corrected chi connectivity index (χ4v) is 1.99. The first kappa shape index (κ1) is 15.4. The molecule has 4 heteroatoms. The molecule has 3 nitrogen and oxygen atoms in total. The zero-order valence-corrected chi connectivity index (χ0v) is 12.5. The van der Waals surface area contributed by atoms with Crippen molar-refractivity contribution in [2.24, 2.45) is 5.92 Å². The van der Waals surface area contributed by atoms with Crippen LogP contribution in [-0.4, -0.2) is 11.5 Å². The van der Waals surface area contributed by atoms with Gasteiger partial charge < -0.3 is 10.1 Å². The summed E-state index contributed by atoms with van der Waals surface area (Å²) in [5, 5.41) is 3.31. The zero-order chi connectivity index (χ0) is 15.1. The van der Waals surface area contributed by atoms with E-state index in [0.29, 0.717) is 24.8 Å². The van der Waals surface area contributed by atoms with E-state index in [-0.39, 0.29) is 5.82 Å². The topological polar surface area (TPSA) is 34.1 Å². The molecule has 21 heavy (non-hydrogen) atoms. The highest BCUT2D eigenvalue weighted by atomic mass is 19.1. The Morgan fingerprint density at radius 2 is 2.10 bits per heavy atom. The molecule has 0 radical (unpaired) electrons. The lowest BCUT2D eigenvalue weighted by atomic mass is 10.1. The lowest BCUT2D eigenvalue weighted by Crippen LogP contribution is -2.19. The van der Waals surface area contributed by atoms with Crippen molar-refractivity contribution in [2.45, 2.75) is 27.0 Å². The first-order valence-electron chi connectivity index (χ1n) is 7.16. The quantitative estimate of drug-likeness (QED) is 0.846. The highest BCUT2D eigenvalue weighted by Gasteiger charge is 2.10. The van der Waals surface area contributed by atoms with Gasteiger partial charge in [-0.15, -0.1) is 0 Å². The zero-order valence-electron chi connectivity index (χ0n) is 12.5. The van der Waals surface area contributed by atoms with Crippen LogP contribution in [-0.2, 0) is 13.2 Å². The SMILES string of the molecule is CC(C)CNCc1cccc(F)c1OCc1cccnc1. The molecule has 0 spiro atoms. The van der Waals surface area contributed by atoms with E-state index in [1.165, 1.54) is 6.07 Å². The molecule has 0 unspecified atom stereocenters. The molecule has 1 aromatic carbocycles. The van der Waals surface area contributed by atoms with E-state index < -0.39 is 0 Å². The summed E-state index contributed by atoms with van der Waals surface area (Å²) in [7, 11) is 0. The third-order valence-corrected chi connectivity index (χ3v) is 3.02. The maximum atomic E-state index is 14.0. The van der Waals surface area contributed by atoms with Crippen LogP contribution in [0, 0.1) is 11.7 Å². The minimum absolute atomic E-state index is 0.311. The Kier molecular flexibility index (Phi) is 5.69. The van der Waals surface area contributed by atoms with Crippen molar-refractivity contribution in [1.82, 2.24) is 10.3 Å². The highest BCUT2D eigenvalue weighted by molar-refractivity contribution is 5.35. The second-order valence-electron chi connectivity index (χ2n) is 5.40. The van der Waals surface area contributed by atoms with Gasteiger partial charge in [-0.1, -0.05) is 32.0 Å². The first-order chi connectivity index (χ1) is 10.2. The van der Waals surface area contributed by atoms with Crippen molar-refractivity contribution in [3.8, 4) is 5.75 Å². The van der Waals surface area contributed by atoms with Crippen LogP contribution in [0.5, 0.6) is 5.75 Å². The third-order valence-electron chi connectivity index (χ3n) is 3.02. The number of nitrogens with one attached hydrogen (secondary N) is 1. The lowest BCUT2D eigenvalue weighted by Gasteiger charge is -2.14. The average Bonchev–Trinajstić information content (AvgIpc) is 2.47. The van der Waals surface area contributed by atoms with Crippen molar-refractivity contribution in [2.75, 3.05) is 6.54 Å². The third kappa shape index (κ3) is 4.83. The number of halogens is 1. The Hall–Kier alpha value is -1.94. The summed E-state index contributed by atoms with van der Waals surface area (Å²) in [5.41, 5.74) is 1.75. The molecule has 0 saturated carbocycles. The molecule has 0 fully saturated rings. The molecular formula is C17H21FN2O. The van der Waals surface area contributed by atoms with Gasteiger partial charge in [-0.05, 0) is 24.6 Å². The van der Waals surface area contributed by atoms with Crippen LogP contribution in [0.4, 0.5) is 4.39 Å². The van der Waals surface area contributed by atoms with Gasteiger partial charge in [0.25, 0.3) is 0 Å². The summed E-state index contributed by atoms with van der Waals surface area (Å²) in [6, 6.07) is 8.76. The summed E-state index contributed by atoms with van der Waals surface area (Å²) in [5.74, 6) is 0.540. The van der Waals surface area contributed by atoms with Crippen molar-refractivity contribution >= 4 is 0 Å². The maximum Gasteiger partial charge on any atom is 0.165 e. The minimum atomic E-state index is -0.331. The Morgan fingerprint density at radius 1 is 1.24 bits per heavy atom. The van der Waals surface area contributed by atoms with Crippen LogP contribution in [0.15, 0.2) is 42.7 Å². The maximum absolute atomic E-state index is 14.0. The smallest absolute Gasteiger partial charge is 0.165 e. The number of pyridine rings is 1. The average molecular weight is 288 g/mol. The van der Waals surface area contributed by atoms with Gasteiger partial charge >= 0.3 is 0 Å². The van der Waals surface area contributed by atoms with E-state index >= 15 is 0 Å². The predicted molar refractivity (Wildman–Crippen MR) is 81.5 cm³/mol. The molecule has 0 atom stereocenters. The lowest BCUT2D eigenvalue weighted by molar-refractivity contribution is 0.285. The number of nitrogens with zero attached hydrogens (tertiary/aromatic N) is 1. The van der Waals surface area contributed by atoms with Crippen LogP contribution in [0.1, 0.15) is 25.0 Å². The molecule has 1 aromatic heterocycles. The number of hydrogen-bond acceptors (Lipinski definition) is 3. The second kappa shape index (κ2) is 7.74. The number of hydrogen-bond donors (Lipinski definition) is 1. The van der Waals surface area contributed by atoms with Crippen LogP contribution in [0.25, 0.3) is 0 Å². The standard InChI is InChI=1S/C17H21FN2O/c1-13(2)9-20-11-15-6-3-7-16(18)17(15)21-12-14-5-4-8-19-10-14/h3-8,10,13,20H,9,11-12H2,1-2H3. The van der Waals surface area contributed by atoms with Crippen LogP contribution in [0.2, 0.25) is 0 Å². The van der Waals surface area contributed by atoms with Gasteiger partial charge in [0.15, 0.2) is 11.6 Å². The Balaban J connectivity index is 2.03. The van der Waals surface area contributed by atoms with E-state index in [2.05, 4.69) is 24.1 Å². The number of para-hydroxylation sites is 1. The summed E-state index contributed by atoms with van der Waals surface area (Å²) in [4.78, 5) is 4.02. The number of rotatable bonds is 7. The normalized spacial score (nSPS) is 10.9. The summed E-state index contributed by atoms with van der Waals surface area (Å²) in [6.45, 7) is 6.07. The molecule has 0 bridgehead atoms. The fraction of sp³-hybridized carbons (Fsp3) is 0.353. The minimum Gasteiger partial charge on any atom is -0.485 e. The predicted octanol–water partition coefficient (Wildman–Crippen LogP) is 3.55. The Labute approximate surface area is 125 Å². The van der Waals surface area contributed by atoms with Gasteiger partial charge in [0.2, 0.25) is 0 Å². The molecule has 2 rings (SSSR count). The molecule has 1 N–H and O–H groups in total. The van der Waals surface area contributed by atoms with E-state index in [4.69, 9.17) is 4.74 Å². The number of benzene rings is 1. The molecule has 0 saturated heterocycles. The molecule has 0 amide bonds. The molecule has 0 aliphatic carbocycles. The summed E-state index contributed by atoms with van der Waals surface area (Å²) >= 11 is 0. The summed E-state index contributed by atoms with van der Waals surface area (Å²) in [6.07, 6.45) is 3.42. The van der Waals surface area contributed by atoms with E-state index in [1.54, 1.807) is 18.5 Å².